The van der Waals surface area contributed by atoms with Gasteiger partial charge in [0.15, 0.2) is 0 Å². The minimum absolute atomic E-state index is 0.145. The predicted molar refractivity (Wildman–Crippen MR) is 75.7 cm³/mol. The molecule has 0 amide bonds. The van der Waals surface area contributed by atoms with E-state index >= 15 is 0 Å². The molecule has 0 heterocycles. The highest BCUT2D eigenvalue weighted by molar-refractivity contribution is 5.61. The molecule has 2 N–H and O–H groups in total. The number of hydrogen-bond donors (Lipinski definition) is 1. The van der Waals surface area contributed by atoms with E-state index in [2.05, 4.69) is 6.92 Å². The summed E-state index contributed by atoms with van der Waals surface area (Å²) in [7, 11) is 1.75. The maximum atomic E-state index is 13.2. The van der Waals surface area contributed by atoms with Gasteiger partial charge in [0, 0.05) is 24.5 Å². The summed E-state index contributed by atoms with van der Waals surface area (Å²) >= 11 is 0. The molecule has 2 nitrogen and oxygen atoms in total. The van der Waals surface area contributed by atoms with Gasteiger partial charge in [-0.1, -0.05) is 19.8 Å². The molecule has 1 fully saturated rings. The van der Waals surface area contributed by atoms with Crippen LogP contribution < -0.4 is 10.6 Å². The van der Waals surface area contributed by atoms with Crippen LogP contribution in [0.2, 0.25) is 0 Å². The summed E-state index contributed by atoms with van der Waals surface area (Å²) in [5.74, 6) is 0.569. The zero-order valence-electron chi connectivity index (χ0n) is 11.9. The second-order valence-electron chi connectivity index (χ2n) is 5.81. The number of anilines is 2. The summed E-state index contributed by atoms with van der Waals surface area (Å²) < 4.78 is 39.5. The maximum absolute atomic E-state index is 13.2. The highest BCUT2D eigenvalue weighted by Gasteiger charge is 2.36. The van der Waals surface area contributed by atoms with Crippen molar-refractivity contribution in [1.29, 1.82) is 0 Å². The summed E-state index contributed by atoms with van der Waals surface area (Å²) in [4.78, 5) is 1.78. The summed E-state index contributed by atoms with van der Waals surface area (Å²) in [6.45, 7) is 2.16. The Kier molecular flexibility index (Phi) is 4.16. The molecule has 1 aromatic carbocycles. The number of halogens is 3. The summed E-state index contributed by atoms with van der Waals surface area (Å²) in [6, 6.07) is 4.21. The molecule has 1 aromatic rings. The van der Waals surface area contributed by atoms with Crippen LogP contribution in [-0.4, -0.2) is 13.1 Å². The minimum atomic E-state index is -4.38. The predicted octanol–water partition coefficient (Wildman–Crippen LogP) is 4.30. The Bertz CT molecular complexity index is 471. The third-order valence-electron chi connectivity index (χ3n) is 4.16. The number of hydrogen-bond acceptors (Lipinski definition) is 2. The lowest BCUT2D eigenvalue weighted by Crippen LogP contribution is -2.36. The number of rotatable bonds is 2. The number of benzene rings is 1. The van der Waals surface area contributed by atoms with Gasteiger partial charge in [0.1, 0.15) is 0 Å². The molecule has 0 radical (unpaired) electrons. The van der Waals surface area contributed by atoms with Crippen molar-refractivity contribution < 1.29 is 13.2 Å². The second kappa shape index (κ2) is 5.54. The van der Waals surface area contributed by atoms with Crippen LogP contribution in [0.4, 0.5) is 24.5 Å². The summed E-state index contributed by atoms with van der Waals surface area (Å²) in [6.07, 6.45) is -0.245. The first-order valence-corrected chi connectivity index (χ1v) is 6.98. The topological polar surface area (TPSA) is 29.3 Å². The van der Waals surface area contributed by atoms with E-state index in [1.807, 2.05) is 0 Å². The average molecular weight is 286 g/mol. The van der Waals surface area contributed by atoms with E-state index in [-0.39, 0.29) is 17.4 Å². The van der Waals surface area contributed by atoms with Crippen LogP contribution in [0.1, 0.15) is 38.2 Å². The van der Waals surface area contributed by atoms with Gasteiger partial charge in [0.2, 0.25) is 0 Å². The molecule has 1 saturated carbocycles. The SMILES string of the molecule is CC1CCCC(N(C)c2ccc(N)cc2C(F)(F)F)C1. The van der Waals surface area contributed by atoms with Gasteiger partial charge in [-0.3, -0.25) is 0 Å². The van der Waals surface area contributed by atoms with Gasteiger partial charge < -0.3 is 10.6 Å². The molecule has 2 rings (SSSR count). The van der Waals surface area contributed by atoms with Crippen molar-refractivity contribution in [1.82, 2.24) is 0 Å². The van der Waals surface area contributed by atoms with E-state index in [0.717, 1.165) is 31.7 Å². The number of nitrogens with zero attached hydrogens (tertiary/aromatic N) is 1. The van der Waals surface area contributed by atoms with Crippen LogP contribution in [0.15, 0.2) is 18.2 Å². The molecule has 2 atom stereocenters. The number of nitrogens with two attached hydrogens (primary N) is 1. The van der Waals surface area contributed by atoms with E-state index in [1.54, 1.807) is 11.9 Å². The highest BCUT2D eigenvalue weighted by atomic mass is 19.4. The van der Waals surface area contributed by atoms with Crippen molar-refractivity contribution in [3.63, 3.8) is 0 Å². The van der Waals surface area contributed by atoms with Gasteiger partial charge in [-0.05, 0) is 37.0 Å². The van der Waals surface area contributed by atoms with Crippen LogP contribution in [0.5, 0.6) is 0 Å². The Labute approximate surface area is 117 Å². The molecule has 2 unspecified atom stereocenters. The Hall–Kier alpha value is -1.39. The first-order chi connectivity index (χ1) is 9.29. The highest BCUT2D eigenvalue weighted by Crippen LogP contribution is 2.39. The van der Waals surface area contributed by atoms with Gasteiger partial charge in [-0.2, -0.15) is 13.2 Å². The maximum Gasteiger partial charge on any atom is 0.418 e. The van der Waals surface area contributed by atoms with Gasteiger partial charge in [-0.15, -0.1) is 0 Å². The smallest absolute Gasteiger partial charge is 0.399 e. The third-order valence-corrected chi connectivity index (χ3v) is 4.16. The summed E-state index contributed by atoms with van der Waals surface area (Å²) in [5.41, 5.74) is 5.24. The molecule has 1 aliphatic rings. The van der Waals surface area contributed by atoms with E-state index < -0.39 is 11.7 Å². The Balaban J connectivity index is 2.31. The van der Waals surface area contributed by atoms with E-state index in [9.17, 15) is 13.2 Å². The van der Waals surface area contributed by atoms with Gasteiger partial charge in [0.25, 0.3) is 0 Å². The van der Waals surface area contributed by atoms with Crippen LogP contribution in [0, 0.1) is 5.92 Å². The van der Waals surface area contributed by atoms with Crippen molar-refractivity contribution in [2.24, 2.45) is 5.92 Å². The molecule has 20 heavy (non-hydrogen) atoms. The number of alkyl halides is 3. The zero-order chi connectivity index (χ0) is 14.9. The van der Waals surface area contributed by atoms with Gasteiger partial charge >= 0.3 is 6.18 Å². The first kappa shape index (κ1) is 15.0. The van der Waals surface area contributed by atoms with Crippen molar-refractivity contribution >= 4 is 11.4 Å². The Morgan fingerprint density at radius 2 is 1.95 bits per heavy atom. The van der Waals surface area contributed by atoms with Crippen LogP contribution in [-0.2, 0) is 6.18 Å². The minimum Gasteiger partial charge on any atom is -0.399 e. The molecule has 0 bridgehead atoms. The quantitative estimate of drug-likeness (QED) is 0.821. The lowest BCUT2D eigenvalue weighted by atomic mass is 9.86. The standard InChI is InChI=1S/C15H21F3N2/c1-10-4-3-5-12(8-10)20(2)14-7-6-11(19)9-13(14)15(16,17)18/h6-7,9-10,12H,3-5,8,19H2,1-2H3. The van der Waals surface area contributed by atoms with Crippen LogP contribution in [0.25, 0.3) is 0 Å². The molecule has 1 aliphatic carbocycles. The van der Waals surface area contributed by atoms with Crippen molar-refractivity contribution in [3.05, 3.63) is 23.8 Å². The molecule has 0 aliphatic heterocycles. The van der Waals surface area contributed by atoms with Gasteiger partial charge in [0.05, 0.1) is 5.56 Å². The largest absolute Gasteiger partial charge is 0.418 e. The molecule has 0 aromatic heterocycles. The Morgan fingerprint density at radius 3 is 2.55 bits per heavy atom. The molecular formula is C15H21F3N2. The van der Waals surface area contributed by atoms with E-state index in [0.29, 0.717) is 5.92 Å². The summed E-state index contributed by atoms with van der Waals surface area (Å²) in [5, 5.41) is 0. The molecule has 0 spiro atoms. The fraction of sp³-hybridized carbons (Fsp3) is 0.600. The first-order valence-electron chi connectivity index (χ1n) is 6.98. The van der Waals surface area contributed by atoms with Crippen LogP contribution in [0.3, 0.4) is 0 Å². The molecule has 5 heteroatoms. The molecule has 0 saturated heterocycles. The van der Waals surface area contributed by atoms with E-state index in [1.165, 1.54) is 12.1 Å². The van der Waals surface area contributed by atoms with Crippen molar-refractivity contribution in [3.8, 4) is 0 Å². The normalized spacial score (nSPS) is 23.6. The van der Waals surface area contributed by atoms with Gasteiger partial charge in [-0.25, -0.2) is 0 Å². The fourth-order valence-corrected chi connectivity index (χ4v) is 3.04. The van der Waals surface area contributed by atoms with E-state index in [4.69, 9.17) is 5.73 Å². The average Bonchev–Trinajstić information content (AvgIpc) is 2.37. The second-order valence-corrected chi connectivity index (χ2v) is 5.81. The lowest BCUT2D eigenvalue weighted by molar-refractivity contribution is -0.137. The van der Waals surface area contributed by atoms with Crippen molar-refractivity contribution in [2.75, 3.05) is 17.7 Å². The van der Waals surface area contributed by atoms with Crippen molar-refractivity contribution in [2.45, 2.75) is 44.8 Å². The third kappa shape index (κ3) is 3.19. The monoisotopic (exact) mass is 286 g/mol. The van der Waals surface area contributed by atoms with Crippen LogP contribution >= 0.6 is 0 Å². The number of nitrogen functional groups attached to an aromatic ring is 1. The zero-order valence-corrected chi connectivity index (χ0v) is 11.9. The Morgan fingerprint density at radius 1 is 1.25 bits per heavy atom. The molecular weight excluding hydrogens is 265 g/mol. The molecule has 112 valence electrons. The lowest BCUT2D eigenvalue weighted by Gasteiger charge is -2.36. The fourth-order valence-electron chi connectivity index (χ4n) is 3.04.